The Morgan fingerprint density at radius 3 is 2.32 bits per heavy atom. The first-order chi connectivity index (χ1) is 9.34. The van der Waals surface area contributed by atoms with Crippen molar-refractivity contribution in [3.05, 3.63) is 0 Å². The fraction of sp³-hybridized carbons (Fsp3) is 1.00. The van der Waals surface area contributed by atoms with Gasteiger partial charge in [0.2, 0.25) is 0 Å². The predicted molar refractivity (Wildman–Crippen MR) is 69.1 cm³/mol. The van der Waals surface area contributed by atoms with Gasteiger partial charge in [0.25, 0.3) is 0 Å². The zero-order valence-electron chi connectivity index (χ0n) is 11.5. The molecule has 1 fully saturated rings. The summed E-state index contributed by atoms with van der Waals surface area (Å²) in [5, 5.41) is 18.3. The molecule has 1 aliphatic rings. The maximum atomic E-state index is 9.84. The van der Waals surface area contributed by atoms with E-state index >= 15 is 0 Å². The molecule has 1 heterocycles. The van der Waals surface area contributed by atoms with Crippen LogP contribution in [0.15, 0.2) is 0 Å². The molecule has 1 rings (SSSR count). The third-order valence-electron chi connectivity index (χ3n) is 2.91. The quantitative estimate of drug-likeness (QED) is 0.516. The standard InChI is InChI=1S/C13H26O6/c14-4-6-16-7-8-17-9-10-18-11-12(15)13-3-1-2-5-19-13/h12-15H,1-11H2. The van der Waals surface area contributed by atoms with Crippen LogP contribution in [-0.4, -0.2) is 75.3 Å². The fourth-order valence-corrected chi connectivity index (χ4v) is 1.88. The van der Waals surface area contributed by atoms with Gasteiger partial charge >= 0.3 is 0 Å². The molecule has 0 amide bonds. The van der Waals surface area contributed by atoms with E-state index in [4.69, 9.17) is 24.1 Å². The van der Waals surface area contributed by atoms with Gasteiger partial charge in [-0.3, -0.25) is 0 Å². The Kier molecular flexibility index (Phi) is 10.2. The Labute approximate surface area is 114 Å². The molecule has 6 nitrogen and oxygen atoms in total. The van der Waals surface area contributed by atoms with E-state index < -0.39 is 6.10 Å². The van der Waals surface area contributed by atoms with Gasteiger partial charge in [0.15, 0.2) is 0 Å². The summed E-state index contributed by atoms with van der Waals surface area (Å²) in [4.78, 5) is 0. The molecule has 0 aromatic carbocycles. The molecule has 2 N–H and O–H groups in total. The smallest absolute Gasteiger partial charge is 0.103 e. The average molecular weight is 278 g/mol. The summed E-state index contributed by atoms with van der Waals surface area (Å²) in [7, 11) is 0. The lowest BCUT2D eigenvalue weighted by Crippen LogP contribution is -2.35. The minimum atomic E-state index is -0.548. The van der Waals surface area contributed by atoms with E-state index in [-0.39, 0.29) is 19.3 Å². The van der Waals surface area contributed by atoms with Gasteiger partial charge < -0.3 is 29.2 Å². The second kappa shape index (κ2) is 11.6. The lowest BCUT2D eigenvalue weighted by Gasteiger charge is -2.26. The molecule has 6 heteroatoms. The van der Waals surface area contributed by atoms with Crippen molar-refractivity contribution in [1.82, 2.24) is 0 Å². The SMILES string of the molecule is OCCOCCOCCOCC(O)C1CCCCO1. The van der Waals surface area contributed by atoms with Crippen LogP contribution in [0.1, 0.15) is 19.3 Å². The van der Waals surface area contributed by atoms with Crippen molar-refractivity contribution in [3.63, 3.8) is 0 Å². The molecule has 19 heavy (non-hydrogen) atoms. The molecule has 114 valence electrons. The van der Waals surface area contributed by atoms with Gasteiger partial charge in [-0.15, -0.1) is 0 Å². The van der Waals surface area contributed by atoms with Crippen molar-refractivity contribution < 1.29 is 29.2 Å². The largest absolute Gasteiger partial charge is 0.394 e. The maximum Gasteiger partial charge on any atom is 0.103 e. The van der Waals surface area contributed by atoms with Gasteiger partial charge in [0.05, 0.1) is 52.4 Å². The molecule has 0 spiro atoms. The number of rotatable bonds is 11. The Morgan fingerprint density at radius 2 is 1.68 bits per heavy atom. The number of aliphatic hydroxyl groups excluding tert-OH is 2. The first-order valence-corrected chi connectivity index (χ1v) is 6.98. The first-order valence-electron chi connectivity index (χ1n) is 6.98. The van der Waals surface area contributed by atoms with Crippen LogP contribution in [0.2, 0.25) is 0 Å². The lowest BCUT2D eigenvalue weighted by atomic mass is 10.1. The van der Waals surface area contributed by atoms with Crippen LogP contribution in [0.25, 0.3) is 0 Å². The second-order valence-corrected chi connectivity index (χ2v) is 4.50. The Morgan fingerprint density at radius 1 is 1.00 bits per heavy atom. The predicted octanol–water partition coefficient (Wildman–Crippen LogP) is -0.0415. The van der Waals surface area contributed by atoms with Crippen LogP contribution in [0, 0.1) is 0 Å². The highest BCUT2D eigenvalue weighted by atomic mass is 16.6. The van der Waals surface area contributed by atoms with Crippen LogP contribution >= 0.6 is 0 Å². The molecule has 2 unspecified atom stereocenters. The van der Waals surface area contributed by atoms with E-state index in [1.54, 1.807) is 0 Å². The zero-order valence-corrected chi connectivity index (χ0v) is 11.5. The van der Waals surface area contributed by atoms with Gasteiger partial charge in [0.1, 0.15) is 6.10 Å². The molecular weight excluding hydrogens is 252 g/mol. The molecule has 0 aromatic heterocycles. The number of aliphatic hydroxyl groups is 2. The van der Waals surface area contributed by atoms with Crippen LogP contribution in [0.3, 0.4) is 0 Å². The lowest BCUT2D eigenvalue weighted by molar-refractivity contribution is -0.0943. The Balaban J connectivity index is 1.84. The monoisotopic (exact) mass is 278 g/mol. The Hall–Kier alpha value is -0.240. The summed E-state index contributed by atoms with van der Waals surface area (Å²) < 4.78 is 21.1. The molecule has 1 aliphatic heterocycles. The minimum absolute atomic E-state index is 0.0320. The highest BCUT2D eigenvalue weighted by Gasteiger charge is 2.22. The molecule has 1 saturated heterocycles. The second-order valence-electron chi connectivity index (χ2n) is 4.50. The molecular formula is C13H26O6. The molecule has 0 aliphatic carbocycles. The van der Waals surface area contributed by atoms with E-state index in [2.05, 4.69) is 0 Å². The van der Waals surface area contributed by atoms with Crippen LogP contribution < -0.4 is 0 Å². The van der Waals surface area contributed by atoms with Crippen molar-refractivity contribution >= 4 is 0 Å². The minimum Gasteiger partial charge on any atom is -0.394 e. The maximum absolute atomic E-state index is 9.84. The van der Waals surface area contributed by atoms with Gasteiger partial charge in [-0.25, -0.2) is 0 Å². The number of ether oxygens (including phenoxy) is 4. The summed E-state index contributed by atoms with van der Waals surface area (Å²) in [6.45, 7) is 3.27. The molecule has 0 bridgehead atoms. The van der Waals surface area contributed by atoms with Crippen molar-refractivity contribution in [2.45, 2.75) is 31.5 Å². The highest BCUT2D eigenvalue weighted by molar-refractivity contribution is 4.71. The van der Waals surface area contributed by atoms with Crippen molar-refractivity contribution in [3.8, 4) is 0 Å². The molecule has 2 atom stereocenters. The normalized spacial score (nSPS) is 21.5. The van der Waals surface area contributed by atoms with Crippen molar-refractivity contribution in [2.75, 3.05) is 52.9 Å². The van der Waals surface area contributed by atoms with E-state index in [9.17, 15) is 5.11 Å². The van der Waals surface area contributed by atoms with Gasteiger partial charge in [-0.2, -0.15) is 0 Å². The van der Waals surface area contributed by atoms with Crippen molar-refractivity contribution in [2.24, 2.45) is 0 Å². The van der Waals surface area contributed by atoms with Crippen molar-refractivity contribution in [1.29, 1.82) is 0 Å². The van der Waals surface area contributed by atoms with E-state index in [1.165, 1.54) is 0 Å². The molecule has 0 saturated carbocycles. The first kappa shape index (κ1) is 16.8. The third-order valence-corrected chi connectivity index (χ3v) is 2.91. The van der Waals surface area contributed by atoms with Crippen LogP contribution in [0.5, 0.6) is 0 Å². The van der Waals surface area contributed by atoms with Crippen LogP contribution in [-0.2, 0) is 18.9 Å². The summed E-state index contributed by atoms with van der Waals surface area (Å²) in [5.74, 6) is 0. The zero-order chi connectivity index (χ0) is 13.8. The average Bonchev–Trinajstić information content (AvgIpc) is 2.46. The van der Waals surface area contributed by atoms with Gasteiger partial charge in [-0.05, 0) is 19.3 Å². The van der Waals surface area contributed by atoms with Gasteiger partial charge in [0, 0.05) is 6.61 Å². The number of hydrogen-bond acceptors (Lipinski definition) is 6. The van der Waals surface area contributed by atoms with Gasteiger partial charge in [-0.1, -0.05) is 0 Å². The number of hydrogen-bond donors (Lipinski definition) is 2. The topological polar surface area (TPSA) is 77.4 Å². The third kappa shape index (κ3) is 8.52. The Bertz CT molecular complexity index is 196. The van der Waals surface area contributed by atoms with E-state index in [1.807, 2.05) is 0 Å². The summed E-state index contributed by atoms with van der Waals surface area (Å²) in [6, 6.07) is 0. The van der Waals surface area contributed by atoms with Crippen LogP contribution in [0.4, 0.5) is 0 Å². The van der Waals surface area contributed by atoms with E-state index in [0.29, 0.717) is 33.0 Å². The summed E-state index contributed by atoms with van der Waals surface area (Å²) in [6.07, 6.45) is 2.47. The summed E-state index contributed by atoms with van der Waals surface area (Å²) in [5.41, 5.74) is 0. The highest BCUT2D eigenvalue weighted by Crippen LogP contribution is 2.15. The summed E-state index contributed by atoms with van der Waals surface area (Å²) >= 11 is 0. The fourth-order valence-electron chi connectivity index (χ4n) is 1.88. The van der Waals surface area contributed by atoms with E-state index in [0.717, 1.165) is 25.9 Å². The molecule has 0 radical (unpaired) electrons. The molecule has 0 aromatic rings.